The van der Waals surface area contributed by atoms with Crippen LogP contribution in [-0.2, 0) is 19.0 Å². The van der Waals surface area contributed by atoms with Crippen LogP contribution in [0, 0.1) is 0 Å². The Labute approximate surface area is 169 Å². The number of thiophene rings is 1. The Morgan fingerprint density at radius 2 is 1.86 bits per heavy atom. The highest BCUT2D eigenvalue weighted by molar-refractivity contribution is 7.10. The SMILES string of the molecule is O=C(c1csc2c1CCCC2)N1CCN(c2ncc(C(F)(F)F)cc2Cl)CC1. The number of hydrogen-bond acceptors (Lipinski definition) is 4. The highest BCUT2D eigenvalue weighted by Gasteiger charge is 2.33. The zero-order chi connectivity index (χ0) is 19.9. The minimum Gasteiger partial charge on any atom is -0.352 e. The number of pyridine rings is 1. The lowest BCUT2D eigenvalue weighted by atomic mass is 9.95. The molecule has 1 saturated heterocycles. The van der Waals surface area contributed by atoms with Gasteiger partial charge in [-0.3, -0.25) is 4.79 Å². The molecule has 1 aliphatic carbocycles. The molecule has 4 rings (SSSR count). The van der Waals surface area contributed by atoms with E-state index in [-0.39, 0.29) is 10.9 Å². The minimum atomic E-state index is -4.47. The molecule has 0 atom stereocenters. The van der Waals surface area contributed by atoms with Gasteiger partial charge in [-0.15, -0.1) is 11.3 Å². The van der Waals surface area contributed by atoms with Crippen LogP contribution in [0.3, 0.4) is 0 Å². The molecule has 0 unspecified atom stereocenters. The maximum absolute atomic E-state index is 12.9. The van der Waals surface area contributed by atoms with E-state index < -0.39 is 11.7 Å². The highest BCUT2D eigenvalue weighted by Crippen LogP contribution is 2.34. The number of aromatic nitrogens is 1. The maximum Gasteiger partial charge on any atom is 0.417 e. The van der Waals surface area contributed by atoms with Crippen molar-refractivity contribution in [1.29, 1.82) is 0 Å². The first-order valence-corrected chi connectivity index (χ1v) is 10.5. The number of piperazine rings is 1. The maximum atomic E-state index is 12.9. The van der Waals surface area contributed by atoms with Crippen molar-refractivity contribution in [3.8, 4) is 0 Å². The van der Waals surface area contributed by atoms with Gasteiger partial charge in [-0.25, -0.2) is 4.98 Å². The fraction of sp³-hybridized carbons (Fsp3) is 0.474. The van der Waals surface area contributed by atoms with Crippen molar-refractivity contribution in [3.63, 3.8) is 0 Å². The summed E-state index contributed by atoms with van der Waals surface area (Å²) < 4.78 is 38.3. The van der Waals surface area contributed by atoms with Crippen molar-refractivity contribution in [2.24, 2.45) is 0 Å². The average Bonchev–Trinajstić information content (AvgIpc) is 3.11. The predicted octanol–water partition coefficient (Wildman–Crippen LogP) is 4.66. The van der Waals surface area contributed by atoms with E-state index in [1.807, 2.05) is 15.2 Å². The van der Waals surface area contributed by atoms with Crippen molar-refractivity contribution in [3.05, 3.63) is 44.2 Å². The molecule has 0 aromatic carbocycles. The Hall–Kier alpha value is -1.80. The molecule has 4 nitrogen and oxygen atoms in total. The second kappa shape index (κ2) is 7.55. The number of alkyl halides is 3. The van der Waals surface area contributed by atoms with Gasteiger partial charge in [-0.05, 0) is 37.3 Å². The summed E-state index contributed by atoms with van der Waals surface area (Å²) in [6.45, 7) is 1.94. The first-order chi connectivity index (χ1) is 13.3. The van der Waals surface area contributed by atoms with Crippen LogP contribution >= 0.6 is 22.9 Å². The third-order valence-corrected chi connectivity index (χ3v) is 6.67. The molecule has 0 radical (unpaired) electrons. The lowest BCUT2D eigenvalue weighted by molar-refractivity contribution is -0.137. The predicted molar refractivity (Wildman–Crippen MR) is 103 cm³/mol. The standard InChI is InChI=1S/C19H19ClF3N3OS/c20-15-9-12(19(21,22)23)10-24-17(15)25-5-7-26(8-6-25)18(27)14-11-28-16-4-2-1-3-13(14)16/h9-11H,1-8H2. The first-order valence-electron chi connectivity index (χ1n) is 9.21. The molecule has 1 fully saturated rings. The number of amides is 1. The number of aryl methyl sites for hydroxylation is 1. The van der Waals surface area contributed by atoms with Crippen molar-refractivity contribution >= 4 is 34.7 Å². The van der Waals surface area contributed by atoms with Crippen LogP contribution in [0.15, 0.2) is 17.6 Å². The second-order valence-electron chi connectivity index (χ2n) is 7.06. The summed E-state index contributed by atoms with van der Waals surface area (Å²) in [5.74, 6) is 0.375. The number of fused-ring (bicyclic) bond motifs is 1. The van der Waals surface area contributed by atoms with Crippen LogP contribution in [0.5, 0.6) is 0 Å². The minimum absolute atomic E-state index is 0.0264. The Kier molecular flexibility index (Phi) is 5.26. The number of carbonyl (C=O) groups is 1. The van der Waals surface area contributed by atoms with E-state index in [1.165, 1.54) is 16.9 Å². The molecule has 0 bridgehead atoms. The summed E-state index contributed by atoms with van der Waals surface area (Å²) in [4.78, 5) is 21.8. The monoisotopic (exact) mass is 429 g/mol. The van der Waals surface area contributed by atoms with Crippen LogP contribution < -0.4 is 4.90 Å². The highest BCUT2D eigenvalue weighted by atomic mass is 35.5. The van der Waals surface area contributed by atoms with Gasteiger partial charge in [0.25, 0.3) is 5.91 Å². The summed E-state index contributed by atoms with van der Waals surface area (Å²) in [5.41, 5.74) is 1.16. The molecule has 1 amide bonds. The van der Waals surface area contributed by atoms with Gasteiger partial charge in [0.1, 0.15) is 5.82 Å². The molecule has 3 heterocycles. The normalized spacial score (nSPS) is 17.6. The van der Waals surface area contributed by atoms with E-state index in [2.05, 4.69) is 4.98 Å². The smallest absolute Gasteiger partial charge is 0.352 e. The Morgan fingerprint density at radius 3 is 2.54 bits per heavy atom. The van der Waals surface area contributed by atoms with Crippen LogP contribution in [0.25, 0.3) is 0 Å². The van der Waals surface area contributed by atoms with Crippen LogP contribution in [0.4, 0.5) is 19.0 Å². The van der Waals surface area contributed by atoms with Gasteiger partial charge in [-0.2, -0.15) is 13.2 Å². The molecular formula is C19H19ClF3N3OS. The lowest BCUT2D eigenvalue weighted by Gasteiger charge is -2.36. The summed E-state index contributed by atoms with van der Waals surface area (Å²) >= 11 is 7.71. The number of hydrogen-bond donors (Lipinski definition) is 0. The van der Waals surface area contributed by atoms with Crippen molar-refractivity contribution < 1.29 is 18.0 Å². The number of nitrogens with zero attached hydrogens (tertiary/aromatic N) is 3. The molecule has 28 heavy (non-hydrogen) atoms. The summed E-state index contributed by atoms with van der Waals surface area (Å²) in [6, 6.07) is 0.902. The van der Waals surface area contributed by atoms with E-state index in [4.69, 9.17) is 11.6 Å². The molecular weight excluding hydrogens is 411 g/mol. The van der Waals surface area contributed by atoms with Gasteiger partial charge in [0, 0.05) is 42.6 Å². The lowest BCUT2D eigenvalue weighted by Crippen LogP contribution is -2.49. The average molecular weight is 430 g/mol. The van der Waals surface area contributed by atoms with Gasteiger partial charge in [0.2, 0.25) is 0 Å². The topological polar surface area (TPSA) is 36.4 Å². The third-order valence-electron chi connectivity index (χ3n) is 5.31. The number of rotatable bonds is 2. The molecule has 1 aliphatic heterocycles. The molecule has 9 heteroatoms. The fourth-order valence-electron chi connectivity index (χ4n) is 3.78. The van der Waals surface area contributed by atoms with Gasteiger partial charge in [-0.1, -0.05) is 11.6 Å². The van der Waals surface area contributed by atoms with Crippen molar-refractivity contribution in [1.82, 2.24) is 9.88 Å². The summed E-state index contributed by atoms with van der Waals surface area (Å²) in [7, 11) is 0. The largest absolute Gasteiger partial charge is 0.417 e. The van der Waals surface area contributed by atoms with Crippen LogP contribution in [0.2, 0.25) is 5.02 Å². The fourth-order valence-corrected chi connectivity index (χ4v) is 5.19. The quantitative estimate of drug-likeness (QED) is 0.696. The molecule has 2 aliphatic rings. The van der Waals surface area contributed by atoms with Crippen molar-refractivity contribution in [2.45, 2.75) is 31.9 Å². The number of carbonyl (C=O) groups excluding carboxylic acids is 1. The molecule has 2 aromatic heterocycles. The number of halogens is 4. The van der Waals surface area contributed by atoms with Gasteiger partial charge in [0.15, 0.2) is 0 Å². The van der Waals surface area contributed by atoms with Gasteiger partial charge < -0.3 is 9.80 Å². The van der Waals surface area contributed by atoms with E-state index in [9.17, 15) is 18.0 Å². The molecule has 0 saturated carbocycles. The summed E-state index contributed by atoms with van der Waals surface area (Å²) in [5, 5.41) is 1.94. The van der Waals surface area contributed by atoms with E-state index in [1.54, 1.807) is 11.3 Å². The Balaban J connectivity index is 1.44. The third kappa shape index (κ3) is 3.72. The molecule has 150 valence electrons. The zero-order valence-corrected chi connectivity index (χ0v) is 16.6. The van der Waals surface area contributed by atoms with Gasteiger partial charge in [0.05, 0.1) is 16.1 Å². The van der Waals surface area contributed by atoms with E-state index >= 15 is 0 Å². The number of anilines is 1. The van der Waals surface area contributed by atoms with E-state index in [0.717, 1.165) is 37.1 Å². The van der Waals surface area contributed by atoms with E-state index in [0.29, 0.717) is 32.0 Å². The van der Waals surface area contributed by atoms with Crippen LogP contribution in [-0.4, -0.2) is 42.0 Å². The Morgan fingerprint density at radius 1 is 1.14 bits per heavy atom. The first kappa shape index (κ1) is 19.5. The Bertz CT molecular complexity index is 891. The van der Waals surface area contributed by atoms with Crippen molar-refractivity contribution in [2.75, 3.05) is 31.1 Å². The second-order valence-corrected chi connectivity index (χ2v) is 8.44. The summed E-state index contributed by atoms with van der Waals surface area (Å²) in [6.07, 6.45) is 0.650. The molecule has 2 aromatic rings. The van der Waals surface area contributed by atoms with Gasteiger partial charge >= 0.3 is 6.18 Å². The molecule has 0 N–H and O–H groups in total. The zero-order valence-electron chi connectivity index (χ0n) is 15.1. The molecule has 0 spiro atoms. The van der Waals surface area contributed by atoms with Crippen LogP contribution in [0.1, 0.15) is 39.2 Å².